The highest BCUT2D eigenvalue weighted by Gasteiger charge is 2.27. The van der Waals surface area contributed by atoms with E-state index in [0.29, 0.717) is 12.5 Å². The first-order valence-corrected chi connectivity index (χ1v) is 13.4. The average molecular weight is 460 g/mol. The molecule has 2 aliphatic heterocycles. The maximum atomic E-state index is 12.3. The second-order valence-electron chi connectivity index (χ2n) is 9.33. The van der Waals surface area contributed by atoms with E-state index in [-0.39, 0.29) is 5.91 Å². The van der Waals surface area contributed by atoms with Crippen LogP contribution in [-0.4, -0.2) is 53.0 Å². The number of anilines is 1. The van der Waals surface area contributed by atoms with Crippen LogP contribution in [-0.2, 0) is 24.2 Å². The number of carbonyl (C=O) groups excluding carboxylic acids is 1. The van der Waals surface area contributed by atoms with Gasteiger partial charge in [0, 0.05) is 48.2 Å². The topological polar surface area (TPSA) is 61.4 Å². The molecule has 0 spiro atoms. The van der Waals surface area contributed by atoms with Crippen molar-refractivity contribution in [2.45, 2.75) is 70.9 Å². The number of amides is 1. The zero-order chi connectivity index (χ0) is 21.2. The number of nitrogens with zero attached hydrogens (tertiary/aromatic N) is 4. The van der Waals surface area contributed by atoms with Crippen LogP contribution in [0, 0.1) is 12.8 Å². The van der Waals surface area contributed by atoms with Crippen LogP contribution in [0.4, 0.5) is 5.13 Å². The zero-order valence-corrected chi connectivity index (χ0v) is 20.1. The standard InChI is InChI=1S/C23H33N5OS2/c1-16-24-14-19(30-16)13-22(29)25-18-5-3-17(4-6-18)7-11-27-12-8-21-20(15-27)26-23(31-21)28-9-2-10-28/h14,17-18H,2-13,15H2,1H3,(H,25,29)/t17-,18-. The third-order valence-electron chi connectivity index (χ3n) is 6.99. The van der Waals surface area contributed by atoms with E-state index >= 15 is 0 Å². The highest BCUT2D eigenvalue weighted by Crippen LogP contribution is 2.33. The normalized spacial score (nSPS) is 24.0. The Morgan fingerprint density at radius 1 is 1.19 bits per heavy atom. The quantitative estimate of drug-likeness (QED) is 0.683. The van der Waals surface area contributed by atoms with Gasteiger partial charge in [-0.1, -0.05) is 0 Å². The van der Waals surface area contributed by atoms with E-state index in [9.17, 15) is 4.79 Å². The number of aryl methyl sites for hydroxylation is 1. The Hall–Kier alpha value is -1.51. The summed E-state index contributed by atoms with van der Waals surface area (Å²) >= 11 is 3.54. The van der Waals surface area contributed by atoms with Crippen molar-refractivity contribution in [1.82, 2.24) is 20.2 Å². The fraction of sp³-hybridized carbons (Fsp3) is 0.696. The molecular weight excluding hydrogens is 426 g/mol. The fourth-order valence-corrected chi connectivity index (χ4v) is 6.86. The zero-order valence-electron chi connectivity index (χ0n) is 18.4. The summed E-state index contributed by atoms with van der Waals surface area (Å²) in [5.41, 5.74) is 1.33. The van der Waals surface area contributed by atoms with Gasteiger partial charge in [0.1, 0.15) is 0 Å². The van der Waals surface area contributed by atoms with Crippen LogP contribution in [0.15, 0.2) is 6.20 Å². The highest BCUT2D eigenvalue weighted by molar-refractivity contribution is 7.15. The molecule has 2 fully saturated rings. The van der Waals surface area contributed by atoms with Crippen LogP contribution < -0.4 is 10.2 Å². The van der Waals surface area contributed by atoms with Crippen LogP contribution in [0.25, 0.3) is 0 Å². The van der Waals surface area contributed by atoms with Gasteiger partial charge in [-0.25, -0.2) is 9.97 Å². The first-order valence-electron chi connectivity index (χ1n) is 11.8. The summed E-state index contributed by atoms with van der Waals surface area (Å²) in [5, 5.41) is 5.53. The van der Waals surface area contributed by atoms with Crippen molar-refractivity contribution in [2.75, 3.05) is 31.1 Å². The van der Waals surface area contributed by atoms with Crippen molar-refractivity contribution >= 4 is 33.7 Å². The van der Waals surface area contributed by atoms with Crippen molar-refractivity contribution in [2.24, 2.45) is 5.92 Å². The minimum Gasteiger partial charge on any atom is -0.353 e. The lowest BCUT2D eigenvalue weighted by Gasteiger charge is -2.32. The number of carbonyl (C=O) groups is 1. The molecule has 0 bridgehead atoms. The Balaban J connectivity index is 1.02. The minimum atomic E-state index is 0.150. The van der Waals surface area contributed by atoms with E-state index < -0.39 is 0 Å². The van der Waals surface area contributed by atoms with Gasteiger partial charge in [-0.3, -0.25) is 9.69 Å². The van der Waals surface area contributed by atoms with E-state index in [1.54, 1.807) is 11.3 Å². The summed E-state index contributed by atoms with van der Waals surface area (Å²) in [5.74, 6) is 0.947. The smallest absolute Gasteiger partial charge is 0.225 e. The molecule has 0 radical (unpaired) electrons. The third-order valence-corrected chi connectivity index (χ3v) is 9.12. The van der Waals surface area contributed by atoms with E-state index in [1.165, 1.54) is 74.0 Å². The van der Waals surface area contributed by atoms with Gasteiger partial charge in [0.25, 0.3) is 0 Å². The van der Waals surface area contributed by atoms with Crippen LogP contribution in [0.1, 0.15) is 59.0 Å². The van der Waals surface area contributed by atoms with Gasteiger partial charge in [-0.05, 0) is 64.3 Å². The lowest BCUT2D eigenvalue weighted by atomic mass is 9.84. The van der Waals surface area contributed by atoms with Gasteiger partial charge < -0.3 is 10.2 Å². The average Bonchev–Trinajstić information content (AvgIpc) is 3.31. The molecule has 1 saturated carbocycles. The molecule has 4 heterocycles. The van der Waals surface area contributed by atoms with Gasteiger partial charge in [0.05, 0.1) is 17.1 Å². The molecule has 8 heteroatoms. The first-order chi connectivity index (χ1) is 15.1. The monoisotopic (exact) mass is 459 g/mol. The minimum absolute atomic E-state index is 0.150. The maximum Gasteiger partial charge on any atom is 0.225 e. The number of thiazole rings is 2. The van der Waals surface area contributed by atoms with Gasteiger partial charge in [0.2, 0.25) is 5.91 Å². The third kappa shape index (κ3) is 5.29. The molecule has 6 nitrogen and oxygen atoms in total. The Morgan fingerprint density at radius 2 is 2.03 bits per heavy atom. The lowest BCUT2D eigenvalue weighted by molar-refractivity contribution is -0.121. The molecule has 1 aliphatic carbocycles. The van der Waals surface area contributed by atoms with Crippen molar-refractivity contribution in [3.05, 3.63) is 26.7 Å². The molecule has 2 aromatic rings. The van der Waals surface area contributed by atoms with Gasteiger partial charge in [-0.2, -0.15) is 0 Å². The van der Waals surface area contributed by atoms with Crippen molar-refractivity contribution in [3.8, 4) is 0 Å². The summed E-state index contributed by atoms with van der Waals surface area (Å²) in [6.07, 6.45) is 10.8. The van der Waals surface area contributed by atoms with Crippen molar-refractivity contribution in [1.29, 1.82) is 0 Å². The maximum absolute atomic E-state index is 12.3. The Labute approximate surface area is 193 Å². The molecule has 2 aromatic heterocycles. The predicted molar refractivity (Wildman–Crippen MR) is 127 cm³/mol. The van der Waals surface area contributed by atoms with E-state index in [1.807, 2.05) is 24.5 Å². The molecule has 31 heavy (non-hydrogen) atoms. The SMILES string of the molecule is Cc1ncc(CC(=O)N[C@H]2CC[C@H](CCN3CCc4sc(N5CCC5)nc4C3)CC2)s1. The van der Waals surface area contributed by atoms with Gasteiger partial charge in [0.15, 0.2) is 5.13 Å². The number of hydrogen-bond donors (Lipinski definition) is 1. The molecule has 5 rings (SSSR count). The van der Waals surface area contributed by atoms with E-state index in [4.69, 9.17) is 4.98 Å². The number of rotatable bonds is 7. The Morgan fingerprint density at radius 3 is 2.74 bits per heavy atom. The fourth-order valence-electron chi connectivity index (χ4n) is 4.96. The second kappa shape index (κ2) is 9.55. The Kier molecular flexibility index (Phi) is 6.57. The Bertz CT molecular complexity index is 898. The van der Waals surface area contributed by atoms with Crippen LogP contribution in [0.3, 0.4) is 0 Å². The number of nitrogens with one attached hydrogen (secondary N) is 1. The first kappa shape index (κ1) is 21.3. The van der Waals surface area contributed by atoms with Gasteiger partial charge >= 0.3 is 0 Å². The summed E-state index contributed by atoms with van der Waals surface area (Å²) in [7, 11) is 0. The van der Waals surface area contributed by atoms with Crippen LogP contribution in [0.2, 0.25) is 0 Å². The highest BCUT2D eigenvalue weighted by atomic mass is 32.1. The molecule has 1 amide bonds. The second-order valence-corrected chi connectivity index (χ2v) is 11.7. The van der Waals surface area contributed by atoms with E-state index in [2.05, 4.69) is 20.1 Å². The number of aromatic nitrogens is 2. The number of fused-ring (bicyclic) bond motifs is 1. The number of hydrogen-bond acceptors (Lipinski definition) is 7. The molecule has 1 saturated heterocycles. The van der Waals surface area contributed by atoms with Gasteiger partial charge in [-0.15, -0.1) is 22.7 Å². The van der Waals surface area contributed by atoms with Crippen molar-refractivity contribution in [3.63, 3.8) is 0 Å². The largest absolute Gasteiger partial charge is 0.353 e. The summed E-state index contributed by atoms with van der Waals surface area (Å²) in [6, 6.07) is 0.352. The molecular formula is C23H33N5OS2. The van der Waals surface area contributed by atoms with Crippen molar-refractivity contribution < 1.29 is 4.79 Å². The molecule has 0 unspecified atom stereocenters. The molecule has 3 aliphatic rings. The molecule has 1 N–H and O–H groups in total. The molecule has 0 aromatic carbocycles. The van der Waals surface area contributed by atoms with E-state index in [0.717, 1.165) is 35.2 Å². The summed E-state index contributed by atoms with van der Waals surface area (Å²) in [6.45, 7) is 7.74. The predicted octanol–water partition coefficient (Wildman–Crippen LogP) is 3.78. The lowest BCUT2D eigenvalue weighted by Crippen LogP contribution is -2.39. The summed E-state index contributed by atoms with van der Waals surface area (Å²) < 4.78 is 0. The molecule has 168 valence electrons. The summed E-state index contributed by atoms with van der Waals surface area (Å²) in [4.78, 5) is 29.1. The van der Waals surface area contributed by atoms with Crippen LogP contribution >= 0.6 is 22.7 Å². The van der Waals surface area contributed by atoms with Crippen LogP contribution in [0.5, 0.6) is 0 Å². The molecule has 0 atom stereocenters.